The first-order valence-corrected chi connectivity index (χ1v) is 6.88. The highest BCUT2D eigenvalue weighted by molar-refractivity contribution is 7.89. The van der Waals surface area contributed by atoms with Gasteiger partial charge in [-0.25, -0.2) is 8.42 Å². The quantitative estimate of drug-likeness (QED) is 0.862. The van der Waals surface area contributed by atoms with Gasteiger partial charge in [0.25, 0.3) is 0 Å². The molecule has 1 N–H and O–H groups in total. The summed E-state index contributed by atoms with van der Waals surface area (Å²) in [5.74, 6) is 0.158. The maximum atomic E-state index is 11.2. The molecule has 0 amide bonds. The number of aromatic hydroxyl groups is 1. The maximum absolute atomic E-state index is 11.2. The molecule has 0 spiro atoms. The van der Waals surface area contributed by atoms with Crippen molar-refractivity contribution in [3.05, 3.63) is 30.0 Å². The first-order chi connectivity index (χ1) is 7.38. The number of hydrogen-bond acceptors (Lipinski definition) is 3. The number of aromatic nitrogens is 1. The summed E-state index contributed by atoms with van der Waals surface area (Å²) in [5.41, 5.74) is 1.51. The minimum Gasteiger partial charge on any atom is -0.507 e. The summed E-state index contributed by atoms with van der Waals surface area (Å²) in [6, 6.07) is 6.89. The lowest BCUT2D eigenvalue weighted by Crippen LogP contribution is -2.05. The number of fused-ring (bicyclic) bond motifs is 1. The van der Waals surface area contributed by atoms with E-state index in [1.165, 1.54) is 6.26 Å². The van der Waals surface area contributed by atoms with E-state index in [4.69, 9.17) is 0 Å². The van der Waals surface area contributed by atoms with Crippen molar-refractivity contribution in [3.8, 4) is 5.75 Å². The Labute approximate surface area is 94.0 Å². The molecule has 16 heavy (non-hydrogen) atoms. The number of benzene rings is 1. The lowest BCUT2D eigenvalue weighted by molar-refractivity contribution is 0.481. The molecule has 0 aliphatic heterocycles. The number of aryl methyl sites for hydroxylation is 1. The summed E-state index contributed by atoms with van der Waals surface area (Å²) >= 11 is 0. The number of hydrogen-bond donors (Lipinski definition) is 1. The van der Waals surface area contributed by atoms with Crippen molar-refractivity contribution in [2.24, 2.45) is 7.05 Å². The molecule has 5 heteroatoms. The molecule has 2 aromatic rings. The molecule has 0 saturated carbocycles. The third kappa shape index (κ3) is 1.90. The highest BCUT2D eigenvalue weighted by Crippen LogP contribution is 2.27. The minimum atomic E-state index is -3.06. The standard InChI is InChI=1S/C11H13NO3S/c1-12-8(7-16(2,14)15)6-9-10(12)4-3-5-11(9)13/h3-6,13H,7H2,1-2H3. The van der Waals surface area contributed by atoms with E-state index >= 15 is 0 Å². The van der Waals surface area contributed by atoms with Gasteiger partial charge in [0.2, 0.25) is 0 Å². The fourth-order valence-electron chi connectivity index (χ4n) is 1.81. The van der Waals surface area contributed by atoms with Crippen LogP contribution >= 0.6 is 0 Å². The Hall–Kier alpha value is -1.49. The number of nitrogens with zero attached hydrogens (tertiary/aromatic N) is 1. The third-order valence-electron chi connectivity index (χ3n) is 2.57. The lowest BCUT2D eigenvalue weighted by atomic mass is 10.2. The van der Waals surface area contributed by atoms with Crippen LogP contribution in [0.5, 0.6) is 5.75 Å². The Balaban J connectivity index is 2.65. The summed E-state index contributed by atoms with van der Waals surface area (Å²) < 4.78 is 24.3. The van der Waals surface area contributed by atoms with Crippen LogP contribution in [0.15, 0.2) is 24.3 Å². The van der Waals surface area contributed by atoms with Crippen molar-refractivity contribution in [3.63, 3.8) is 0 Å². The van der Waals surface area contributed by atoms with Crippen molar-refractivity contribution in [2.45, 2.75) is 5.75 Å². The molecule has 0 unspecified atom stereocenters. The molecule has 2 rings (SSSR count). The normalized spacial score (nSPS) is 12.1. The molecule has 0 atom stereocenters. The van der Waals surface area contributed by atoms with Gasteiger partial charge in [-0.3, -0.25) is 0 Å². The molecular weight excluding hydrogens is 226 g/mol. The highest BCUT2D eigenvalue weighted by Gasteiger charge is 2.12. The second-order valence-corrected chi connectivity index (χ2v) is 6.11. The van der Waals surface area contributed by atoms with E-state index in [1.54, 1.807) is 29.8 Å². The molecule has 1 aromatic heterocycles. The van der Waals surface area contributed by atoms with Gasteiger partial charge < -0.3 is 9.67 Å². The Bertz CT molecular complexity index is 641. The van der Waals surface area contributed by atoms with Gasteiger partial charge in [0.05, 0.1) is 11.3 Å². The van der Waals surface area contributed by atoms with E-state index < -0.39 is 9.84 Å². The first kappa shape index (κ1) is 11.0. The molecule has 0 aliphatic rings. The average molecular weight is 239 g/mol. The van der Waals surface area contributed by atoms with Gasteiger partial charge in [-0.2, -0.15) is 0 Å². The monoisotopic (exact) mass is 239 g/mol. The molecular formula is C11H13NO3S. The lowest BCUT2D eigenvalue weighted by Gasteiger charge is -2.02. The highest BCUT2D eigenvalue weighted by atomic mass is 32.2. The Morgan fingerprint density at radius 2 is 2.06 bits per heavy atom. The van der Waals surface area contributed by atoms with Crippen LogP contribution < -0.4 is 0 Å². The van der Waals surface area contributed by atoms with Crippen LogP contribution in [0.25, 0.3) is 10.9 Å². The molecule has 0 bridgehead atoms. The van der Waals surface area contributed by atoms with Crippen LogP contribution in [0.1, 0.15) is 5.69 Å². The average Bonchev–Trinajstić information content (AvgIpc) is 2.44. The van der Waals surface area contributed by atoms with E-state index in [0.29, 0.717) is 11.1 Å². The number of phenolic OH excluding ortho intramolecular Hbond substituents is 1. The maximum Gasteiger partial charge on any atom is 0.153 e. The fraction of sp³-hybridized carbons (Fsp3) is 0.273. The number of sulfone groups is 1. The molecule has 4 nitrogen and oxygen atoms in total. The van der Waals surface area contributed by atoms with Crippen molar-refractivity contribution in [1.82, 2.24) is 4.57 Å². The molecule has 0 radical (unpaired) electrons. The number of phenols is 1. The van der Waals surface area contributed by atoms with Crippen molar-refractivity contribution in [2.75, 3.05) is 6.26 Å². The topological polar surface area (TPSA) is 59.3 Å². The van der Waals surface area contributed by atoms with Gasteiger partial charge in [-0.15, -0.1) is 0 Å². The van der Waals surface area contributed by atoms with Crippen molar-refractivity contribution < 1.29 is 13.5 Å². The second-order valence-electron chi connectivity index (χ2n) is 3.97. The molecule has 0 aliphatic carbocycles. The SMILES string of the molecule is Cn1c(CS(C)(=O)=O)cc2c(O)cccc21. The van der Waals surface area contributed by atoms with E-state index in [1.807, 2.05) is 6.07 Å². The van der Waals surface area contributed by atoms with Crippen LogP contribution in [-0.4, -0.2) is 24.3 Å². The van der Waals surface area contributed by atoms with E-state index in [-0.39, 0.29) is 11.5 Å². The van der Waals surface area contributed by atoms with Gasteiger partial charge in [-0.1, -0.05) is 6.07 Å². The smallest absolute Gasteiger partial charge is 0.153 e. The van der Waals surface area contributed by atoms with Crippen molar-refractivity contribution >= 4 is 20.7 Å². The van der Waals surface area contributed by atoms with Crippen LogP contribution in [-0.2, 0) is 22.6 Å². The fourth-order valence-corrected chi connectivity index (χ4v) is 2.62. The summed E-state index contributed by atoms with van der Waals surface area (Å²) in [6.07, 6.45) is 1.20. The van der Waals surface area contributed by atoms with Crippen LogP contribution in [0.2, 0.25) is 0 Å². The number of rotatable bonds is 2. The predicted octanol–water partition coefficient (Wildman–Crippen LogP) is 1.43. The predicted molar refractivity (Wildman–Crippen MR) is 63.1 cm³/mol. The van der Waals surface area contributed by atoms with E-state index in [0.717, 1.165) is 5.52 Å². The van der Waals surface area contributed by atoms with Crippen LogP contribution in [0.4, 0.5) is 0 Å². The summed E-state index contributed by atoms with van der Waals surface area (Å²) in [7, 11) is -1.27. The van der Waals surface area contributed by atoms with E-state index in [2.05, 4.69) is 0 Å². The van der Waals surface area contributed by atoms with Gasteiger partial charge in [0.1, 0.15) is 5.75 Å². The molecule has 1 aromatic carbocycles. The molecule has 0 saturated heterocycles. The van der Waals surface area contributed by atoms with Crippen molar-refractivity contribution in [1.29, 1.82) is 0 Å². The minimum absolute atomic E-state index is 0.0163. The zero-order valence-corrected chi connectivity index (χ0v) is 9.95. The largest absolute Gasteiger partial charge is 0.507 e. The summed E-state index contributed by atoms with van der Waals surface area (Å²) in [4.78, 5) is 0. The summed E-state index contributed by atoms with van der Waals surface area (Å²) in [6.45, 7) is 0. The van der Waals surface area contributed by atoms with Gasteiger partial charge in [0.15, 0.2) is 9.84 Å². The second kappa shape index (κ2) is 3.52. The molecule has 86 valence electrons. The van der Waals surface area contributed by atoms with Gasteiger partial charge in [-0.05, 0) is 18.2 Å². The van der Waals surface area contributed by atoms with Gasteiger partial charge >= 0.3 is 0 Å². The zero-order chi connectivity index (χ0) is 11.9. The van der Waals surface area contributed by atoms with Crippen LogP contribution in [0, 0.1) is 0 Å². The zero-order valence-electron chi connectivity index (χ0n) is 9.14. The van der Waals surface area contributed by atoms with Crippen LogP contribution in [0.3, 0.4) is 0 Å². The Kier molecular flexibility index (Phi) is 2.42. The van der Waals surface area contributed by atoms with E-state index in [9.17, 15) is 13.5 Å². The summed E-state index contributed by atoms with van der Waals surface area (Å²) in [5, 5.41) is 10.3. The third-order valence-corrected chi connectivity index (χ3v) is 3.39. The molecule has 1 heterocycles. The molecule has 0 fully saturated rings. The first-order valence-electron chi connectivity index (χ1n) is 4.82. The Morgan fingerprint density at radius 3 is 2.62 bits per heavy atom. The Morgan fingerprint density at radius 1 is 1.38 bits per heavy atom. The van der Waals surface area contributed by atoms with Gasteiger partial charge in [0, 0.05) is 24.4 Å².